The number of aromatic nitrogens is 2. The molecule has 0 unspecified atom stereocenters. The molecule has 2 aromatic heterocycles. The lowest BCUT2D eigenvalue weighted by Crippen LogP contribution is -2.18. The van der Waals surface area contributed by atoms with Gasteiger partial charge in [0.15, 0.2) is 0 Å². The fourth-order valence-electron chi connectivity index (χ4n) is 2.54. The maximum atomic E-state index is 11.5. The van der Waals surface area contributed by atoms with Crippen molar-refractivity contribution in [3.63, 3.8) is 0 Å². The lowest BCUT2D eigenvalue weighted by atomic mass is 10.1. The number of benzene rings is 1. The molecule has 3 aromatic rings. The van der Waals surface area contributed by atoms with Gasteiger partial charge in [0.25, 0.3) is 0 Å². The van der Waals surface area contributed by atoms with Crippen molar-refractivity contribution in [2.24, 2.45) is 0 Å². The number of rotatable bonds is 5. The molecule has 6 heteroatoms. The Bertz CT molecular complexity index is 878. The van der Waals surface area contributed by atoms with Gasteiger partial charge in [-0.25, -0.2) is 9.78 Å². The summed E-state index contributed by atoms with van der Waals surface area (Å²) in [7, 11) is 0. The van der Waals surface area contributed by atoms with E-state index in [-0.39, 0.29) is 5.56 Å². The number of hydrogen-bond acceptors (Lipinski definition) is 5. The minimum absolute atomic E-state index is 0.168. The van der Waals surface area contributed by atoms with Crippen LogP contribution < -0.4 is 5.06 Å². The summed E-state index contributed by atoms with van der Waals surface area (Å²) in [6.45, 7) is 2.53. The highest BCUT2D eigenvalue weighted by Crippen LogP contribution is 2.26. The summed E-state index contributed by atoms with van der Waals surface area (Å²) < 4.78 is 0. The molecule has 0 atom stereocenters. The maximum Gasteiger partial charge on any atom is 0.336 e. The van der Waals surface area contributed by atoms with Crippen molar-refractivity contribution in [1.29, 1.82) is 0 Å². The predicted molar refractivity (Wildman–Crippen MR) is 91.4 cm³/mol. The van der Waals surface area contributed by atoms with E-state index in [9.17, 15) is 15.1 Å². The lowest BCUT2D eigenvalue weighted by molar-refractivity contribution is 0.0699. The molecule has 0 aliphatic rings. The van der Waals surface area contributed by atoms with Gasteiger partial charge in [-0.2, -0.15) is 0 Å². The monoisotopic (exact) mass is 323 g/mol. The van der Waals surface area contributed by atoms with Gasteiger partial charge in [-0.1, -0.05) is 19.1 Å². The SMILES string of the molecule is CCCN(O)c1ccc(-c2cc(C(=O)O)c3cnccc3n2)cc1. The topological polar surface area (TPSA) is 86.5 Å². The Hall–Kier alpha value is -2.99. The number of fused-ring (bicyclic) bond motifs is 1. The van der Waals surface area contributed by atoms with E-state index in [4.69, 9.17) is 0 Å². The van der Waals surface area contributed by atoms with E-state index in [1.807, 2.05) is 19.1 Å². The Balaban J connectivity index is 2.04. The van der Waals surface area contributed by atoms with Crippen LogP contribution >= 0.6 is 0 Å². The molecule has 0 fully saturated rings. The predicted octanol–water partition coefficient (Wildman–Crippen LogP) is 3.60. The van der Waals surface area contributed by atoms with Gasteiger partial charge in [-0.15, -0.1) is 0 Å². The molecule has 122 valence electrons. The van der Waals surface area contributed by atoms with Gasteiger partial charge in [0, 0.05) is 29.9 Å². The fourth-order valence-corrected chi connectivity index (χ4v) is 2.54. The molecule has 24 heavy (non-hydrogen) atoms. The van der Waals surface area contributed by atoms with Crippen molar-refractivity contribution >= 4 is 22.6 Å². The molecule has 0 radical (unpaired) electrons. The van der Waals surface area contributed by atoms with Gasteiger partial charge in [-0.05, 0) is 30.7 Å². The molecule has 0 spiro atoms. The Morgan fingerprint density at radius 1 is 1.21 bits per heavy atom. The summed E-state index contributed by atoms with van der Waals surface area (Å²) in [5.41, 5.74) is 2.78. The lowest BCUT2D eigenvalue weighted by Gasteiger charge is -2.16. The summed E-state index contributed by atoms with van der Waals surface area (Å²) >= 11 is 0. The van der Waals surface area contributed by atoms with Crippen molar-refractivity contribution in [3.05, 3.63) is 54.4 Å². The first-order valence-corrected chi connectivity index (χ1v) is 7.65. The number of hydroxylamine groups is 1. The zero-order valence-corrected chi connectivity index (χ0v) is 13.2. The number of aromatic carboxylic acids is 1. The molecular weight excluding hydrogens is 306 g/mol. The standard InChI is InChI=1S/C18H17N3O3/c1-2-9-21(24)13-5-3-12(4-6-13)17-10-14(18(22)23)15-11-19-8-7-16(15)20-17/h3-8,10-11,24H,2,9H2,1H3,(H,22,23). The van der Waals surface area contributed by atoms with Gasteiger partial charge in [-0.3, -0.25) is 15.3 Å². The largest absolute Gasteiger partial charge is 0.478 e. The molecule has 2 heterocycles. The van der Waals surface area contributed by atoms with E-state index < -0.39 is 5.97 Å². The van der Waals surface area contributed by atoms with Gasteiger partial charge in [0.2, 0.25) is 0 Å². The summed E-state index contributed by atoms with van der Waals surface area (Å²) in [4.78, 5) is 20.0. The smallest absolute Gasteiger partial charge is 0.336 e. The van der Waals surface area contributed by atoms with Crippen LogP contribution in [-0.2, 0) is 0 Å². The molecule has 0 saturated heterocycles. The minimum Gasteiger partial charge on any atom is -0.478 e. The van der Waals surface area contributed by atoms with Gasteiger partial charge in [0.1, 0.15) is 0 Å². The van der Waals surface area contributed by atoms with Crippen LogP contribution in [0.2, 0.25) is 0 Å². The van der Waals surface area contributed by atoms with Crippen LogP contribution in [0.5, 0.6) is 0 Å². The van der Waals surface area contributed by atoms with Crippen LogP contribution in [-0.4, -0.2) is 32.8 Å². The Morgan fingerprint density at radius 2 is 1.96 bits per heavy atom. The van der Waals surface area contributed by atoms with E-state index in [0.717, 1.165) is 12.0 Å². The van der Waals surface area contributed by atoms with Crippen molar-refractivity contribution in [2.45, 2.75) is 13.3 Å². The first kappa shape index (κ1) is 15.9. The number of carboxylic acids is 1. The number of hydrogen-bond donors (Lipinski definition) is 2. The average Bonchev–Trinajstić information content (AvgIpc) is 2.61. The molecule has 0 aliphatic carbocycles. The van der Waals surface area contributed by atoms with Crippen LogP contribution in [0.3, 0.4) is 0 Å². The number of carbonyl (C=O) groups is 1. The molecule has 2 N–H and O–H groups in total. The number of pyridine rings is 2. The summed E-state index contributed by atoms with van der Waals surface area (Å²) in [5, 5.41) is 21.0. The van der Waals surface area contributed by atoms with Crippen LogP contribution in [0.25, 0.3) is 22.2 Å². The highest BCUT2D eigenvalue weighted by atomic mass is 16.5. The van der Waals surface area contributed by atoms with Crippen molar-refractivity contribution in [3.8, 4) is 11.3 Å². The molecule has 3 rings (SSSR count). The molecular formula is C18H17N3O3. The quantitative estimate of drug-likeness (QED) is 0.698. The average molecular weight is 323 g/mol. The summed E-state index contributed by atoms with van der Waals surface area (Å²) in [6.07, 6.45) is 3.93. The number of carboxylic acid groups (broad SMARTS) is 1. The molecule has 0 amide bonds. The van der Waals surface area contributed by atoms with E-state index in [0.29, 0.717) is 28.8 Å². The molecule has 0 saturated carbocycles. The zero-order valence-electron chi connectivity index (χ0n) is 13.2. The normalized spacial score (nSPS) is 10.8. The Kier molecular flexibility index (Phi) is 4.39. The zero-order chi connectivity index (χ0) is 17.1. The third-order valence-corrected chi connectivity index (χ3v) is 3.74. The fraction of sp³-hybridized carbons (Fsp3) is 0.167. The maximum absolute atomic E-state index is 11.5. The second-order valence-electron chi connectivity index (χ2n) is 5.42. The van der Waals surface area contributed by atoms with E-state index in [2.05, 4.69) is 9.97 Å². The third-order valence-electron chi connectivity index (χ3n) is 3.74. The first-order chi connectivity index (χ1) is 11.6. The first-order valence-electron chi connectivity index (χ1n) is 7.65. The molecule has 6 nitrogen and oxygen atoms in total. The Labute approximate surface area is 139 Å². The summed E-state index contributed by atoms with van der Waals surface area (Å²) in [6, 6.07) is 10.4. The molecule has 0 aliphatic heterocycles. The highest BCUT2D eigenvalue weighted by molar-refractivity contribution is 6.03. The van der Waals surface area contributed by atoms with E-state index in [1.54, 1.807) is 30.5 Å². The van der Waals surface area contributed by atoms with Gasteiger partial charge in [0.05, 0.1) is 22.5 Å². The van der Waals surface area contributed by atoms with Crippen molar-refractivity contribution in [2.75, 3.05) is 11.6 Å². The van der Waals surface area contributed by atoms with Crippen LogP contribution in [0.15, 0.2) is 48.8 Å². The number of nitrogens with zero attached hydrogens (tertiary/aromatic N) is 3. The number of anilines is 1. The second-order valence-corrected chi connectivity index (χ2v) is 5.42. The van der Waals surface area contributed by atoms with E-state index in [1.165, 1.54) is 11.3 Å². The van der Waals surface area contributed by atoms with Crippen LogP contribution in [0.4, 0.5) is 5.69 Å². The van der Waals surface area contributed by atoms with Crippen LogP contribution in [0, 0.1) is 0 Å². The van der Waals surface area contributed by atoms with Gasteiger partial charge >= 0.3 is 5.97 Å². The van der Waals surface area contributed by atoms with Gasteiger partial charge < -0.3 is 5.11 Å². The molecule has 0 bridgehead atoms. The third kappa shape index (κ3) is 3.04. The summed E-state index contributed by atoms with van der Waals surface area (Å²) in [5.74, 6) is -1.02. The van der Waals surface area contributed by atoms with Crippen molar-refractivity contribution < 1.29 is 15.1 Å². The van der Waals surface area contributed by atoms with Crippen molar-refractivity contribution in [1.82, 2.24) is 9.97 Å². The molecule has 1 aromatic carbocycles. The Morgan fingerprint density at radius 3 is 2.62 bits per heavy atom. The second kappa shape index (κ2) is 6.64. The van der Waals surface area contributed by atoms with E-state index >= 15 is 0 Å². The minimum atomic E-state index is -1.02. The van der Waals surface area contributed by atoms with Crippen LogP contribution in [0.1, 0.15) is 23.7 Å². The highest BCUT2D eigenvalue weighted by Gasteiger charge is 2.13.